The molecule has 2 N–H and O–H groups in total. The highest BCUT2D eigenvalue weighted by molar-refractivity contribution is 5.81. The third-order valence-electron chi connectivity index (χ3n) is 2.46. The Labute approximate surface area is 125 Å². The lowest BCUT2D eigenvalue weighted by Crippen LogP contribution is -2.01. The highest BCUT2D eigenvalue weighted by Gasteiger charge is 2.00. The number of unbranched alkanes of at least 4 members (excludes halogenated alkanes) is 5. The molecule has 0 saturated carbocycles. The lowest BCUT2D eigenvalue weighted by atomic mass is 10.1. The molecule has 6 nitrogen and oxygen atoms in total. The van der Waals surface area contributed by atoms with E-state index in [0.717, 1.165) is 12.8 Å². The van der Waals surface area contributed by atoms with Crippen molar-refractivity contribution in [2.45, 2.75) is 58.3 Å². The molecule has 0 aromatic rings. The topological polar surface area (TPSA) is 101 Å². The van der Waals surface area contributed by atoms with Gasteiger partial charge in [0.2, 0.25) is 0 Å². The van der Waals surface area contributed by atoms with Crippen molar-refractivity contribution in [3.63, 3.8) is 0 Å². The molecule has 0 unspecified atom stereocenters. The summed E-state index contributed by atoms with van der Waals surface area (Å²) in [4.78, 5) is 29.9. The Balaban J connectivity index is 0. The van der Waals surface area contributed by atoms with E-state index in [9.17, 15) is 14.4 Å². The van der Waals surface area contributed by atoms with Crippen LogP contribution in [0.2, 0.25) is 0 Å². The summed E-state index contributed by atoms with van der Waals surface area (Å²) in [7, 11) is 0. The quantitative estimate of drug-likeness (QED) is 0.345. The van der Waals surface area contributed by atoms with Crippen molar-refractivity contribution in [3.8, 4) is 0 Å². The Morgan fingerprint density at radius 1 is 0.952 bits per heavy atom. The van der Waals surface area contributed by atoms with Gasteiger partial charge in [-0.2, -0.15) is 0 Å². The van der Waals surface area contributed by atoms with Crippen LogP contribution < -0.4 is 0 Å². The first-order chi connectivity index (χ1) is 9.93. The monoisotopic (exact) mass is 302 g/mol. The van der Waals surface area contributed by atoms with Gasteiger partial charge in [0.15, 0.2) is 0 Å². The van der Waals surface area contributed by atoms with Gasteiger partial charge in [-0.25, -0.2) is 4.79 Å². The molecule has 0 aliphatic carbocycles. The zero-order chi connectivity index (χ0) is 16.5. The maximum absolute atomic E-state index is 10.6. The van der Waals surface area contributed by atoms with E-state index in [-0.39, 0.29) is 18.8 Å². The fourth-order valence-electron chi connectivity index (χ4n) is 1.33. The van der Waals surface area contributed by atoms with Crippen LogP contribution in [-0.4, -0.2) is 34.7 Å². The third-order valence-corrected chi connectivity index (χ3v) is 2.46. The van der Waals surface area contributed by atoms with Crippen LogP contribution >= 0.6 is 0 Å². The molecule has 0 radical (unpaired) electrons. The third kappa shape index (κ3) is 23.6. The van der Waals surface area contributed by atoms with Gasteiger partial charge >= 0.3 is 17.9 Å². The average molecular weight is 302 g/mol. The molecule has 0 saturated heterocycles. The lowest BCUT2D eigenvalue weighted by Gasteiger charge is -2.01. The predicted octanol–water partition coefficient (Wildman–Crippen LogP) is 3.01. The molecule has 0 rings (SSSR count). The van der Waals surface area contributed by atoms with Crippen LogP contribution in [0.5, 0.6) is 0 Å². The maximum atomic E-state index is 10.6. The average Bonchev–Trinajstić information content (AvgIpc) is 2.44. The maximum Gasteiger partial charge on any atom is 0.330 e. The molecule has 0 spiro atoms. The van der Waals surface area contributed by atoms with Crippen molar-refractivity contribution in [1.29, 1.82) is 0 Å². The molecule has 122 valence electrons. The van der Waals surface area contributed by atoms with Crippen molar-refractivity contribution >= 4 is 17.9 Å². The van der Waals surface area contributed by atoms with Crippen molar-refractivity contribution in [3.05, 3.63) is 12.7 Å². The molecule has 21 heavy (non-hydrogen) atoms. The minimum Gasteiger partial charge on any atom is -0.481 e. The molecule has 0 bridgehead atoms. The van der Waals surface area contributed by atoms with Gasteiger partial charge in [0.05, 0.1) is 19.4 Å². The molecule has 0 aliphatic heterocycles. The summed E-state index contributed by atoms with van der Waals surface area (Å²) in [6, 6.07) is 0. The molecule has 0 fully saturated rings. The molecule has 6 heteroatoms. The van der Waals surface area contributed by atoms with Crippen LogP contribution in [0.4, 0.5) is 0 Å². The van der Waals surface area contributed by atoms with Gasteiger partial charge in [0.1, 0.15) is 0 Å². The van der Waals surface area contributed by atoms with Crippen LogP contribution in [-0.2, 0) is 19.1 Å². The first kappa shape index (κ1) is 21.4. The first-order valence-corrected chi connectivity index (χ1v) is 7.16. The highest BCUT2D eigenvalue weighted by atomic mass is 16.5. The van der Waals surface area contributed by atoms with Crippen molar-refractivity contribution < 1.29 is 29.3 Å². The normalized spacial score (nSPS) is 9.19. The summed E-state index contributed by atoms with van der Waals surface area (Å²) in [5, 5.41) is 15.8. The standard InChI is InChI=1S/C11H20O2.C4H6O4/c1-3-5-6-7-8-9-10-13-11(12)4-2;5-3(6)1-2-4(7)8/h4H,2-3,5-10H2,1H3;1-2H2,(H,5,6)(H,7,8). The number of carboxylic acid groups (broad SMARTS) is 2. The zero-order valence-corrected chi connectivity index (χ0v) is 12.7. The van der Waals surface area contributed by atoms with Gasteiger partial charge in [-0.05, 0) is 6.42 Å². The number of aliphatic carboxylic acids is 2. The van der Waals surface area contributed by atoms with Gasteiger partial charge in [-0.3, -0.25) is 9.59 Å². The Hall–Kier alpha value is -1.85. The number of esters is 1. The number of hydrogen-bond donors (Lipinski definition) is 2. The van der Waals surface area contributed by atoms with E-state index >= 15 is 0 Å². The minimum atomic E-state index is -1.08. The molecular formula is C15H26O6. The first-order valence-electron chi connectivity index (χ1n) is 7.16. The van der Waals surface area contributed by atoms with Crippen molar-refractivity contribution in [1.82, 2.24) is 0 Å². The van der Waals surface area contributed by atoms with E-state index in [1.807, 2.05) is 0 Å². The summed E-state index contributed by atoms with van der Waals surface area (Å²) < 4.78 is 4.84. The fourth-order valence-corrected chi connectivity index (χ4v) is 1.33. The molecule has 0 aromatic heterocycles. The van der Waals surface area contributed by atoms with E-state index in [4.69, 9.17) is 14.9 Å². The summed E-state index contributed by atoms with van der Waals surface area (Å²) in [5.41, 5.74) is 0. The van der Waals surface area contributed by atoms with E-state index < -0.39 is 11.9 Å². The van der Waals surface area contributed by atoms with Gasteiger partial charge < -0.3 is 14.9 Å². The van der Waals surface area contributed by atoms with E-state index in [0.29, 0.717) is 6.61 Å². The Kier molecular flexibility index (Phi) is 16.6. The van der Waals surface area contributed by atoms with E-state index in [1.54, 1.807) is 0 Å². The van der Waals surface area contributed by atoms with E-state index in [1.165, 1.54) is 31.8 Å². The summed E-state index contributed by atoms with van der Waals surface area (Å²) in [6.45, 7) is 6.06. The predicted molar refractivity (Wildman–Crippen MR) is 79.0 cm³/mol. The summed E-state index contributed by atoms with van der Waals surface area (Å²) in [5.74, 6) is -2.46. The second-order valence-electron chi connectivity index (χ2n) is 4.43. The van der Waals surface area contributed by atoms with Crippen LogP contribution in [0, 0.1) is 0 Å². The largest absolute Gasteiger partial charge is 0.481 e. The summed E-state index contributed by atoms with van der Waals surface area (Å²) >= 11 is 0. The minimum absolute atomic E-state index is 0.296. The number of carboxylic acids is 2. The molecule has 0 atom stereocenters. The number of hydrogen-bond acceptors (Lipinski definition) is 4. The van der Waals surface area contributed by atoms with Gasteiger partial charge in [-0.1, -0.05) is 45.6 Å². The van der Waals surface area contributed by atoms with Crippen LogP contribution in [0.3, 0.4) is 0 Å². The number of ether oxygens (including phenoxy) is 1. The molecule has 0 amide bonds. The Bertz CT molecular complexity index is 297. The molecule has 0 aromatic carbocycles. The van der Waals surface area contributed by atoms with Crippen molar-refractivity contribution in [2.24, 2.45) is 0 Å². The molecule has 0 heterocycles. The number of carbonyl (C=O) groups is 3. The SMILES string of the molecule is C=CC(=O)OCCCCCCCC.O=C(O)CCC(=O)O. The number of rotatable bonds is 11. The summed E-state index contributed by atoms with van der Waals surface area (Å²) in [6.07, 6.45) is 7.87. The second-order valence-corrected chi connectivity index (χ2v) is 4.43. The van der Waals surface area contributed by atoms with Gasteiger partial charge in [0.25, 0.3) is 0 Å². The smallest absolute Gasteiger partial charge is 0.330 e. The zero-order valence-electron chi connectivity index (χ0n) is 12.7. The Morgan fingerprint density at radius 2 is 1.43 bits per heavy atom. The van der Waals surface area contributed by atoms with E-state index in [2.05, 4.69) is 13.5 Å². The van der Waals surface area contributed by atoms with Crippen LogP contribution in [0.25, 0.3) is 0 Å². The van der Waals surface area contributed by atoms with Gasteiger partial charge in [-0.15, -0.1) is 0 Å². The van der Waals surface area contributed by atoms with Crippen molar-refractivity contribution in [2.75, 3.05) is 6.61 Å². The van der Waals surface area contributed by atoms with Gasteiger partial charge in [0, 0.05) is 6.08 Å². The van der Waals surface area contributed by atoms with Crippen LogP contribution in [0.1, 0.15) is 58.3 Å². The fraction of sp³-hybridized carbons (Fsp3) is 0.667. The number of carbonyl (C=O) groups excluding carboxylic acids is 1. The highest BCUT2D eigenvalue weighted by Crippen LogP contribution is 2.04. The lowest BCUT2D eigenvalue weighted by molar-refractivity contribution is -0.143. The molecular weight excluding hydrogens is 276 g/mol. The van der Waals surface area contributed by atoms with Crippen LogP contribution in [0.15, 0.2) is 12.7 Å². The molecule has 0 aliphatic rings. The Morgan fingerprint density at radius 3 is 1.86 bits per heavy atom. The second kappa shape index (κ2) is 16.2.